The van der Waals surface area contributed by atoms with Crippen molar-refractivity contribution >= 4 is 45.5 Å². The number of anilines is 1. The molecule has 2 aromatic heterocycles. The molecular formula is C19H25N5O8S. The van der Waals surface area contributed by atoms with Gasteiger partial charge < -0.3 is 24.8 Å². The molecule has 0 aliphatic carbocycles. The lowest BCUT2D eigenvalue weighted by Crippen LogP contribution is -2.41. The van der Waals surface area contributed by atoms with E-state index in [1.54, 1.807) is 0 Å². The number of nitrogens with zero attached hydrogens (tertiary/aromatic N) is 4. The van der Waals surface area contributed by atoms with Crippen LogP contribution in [0.5, 0.6) is 0 Å². The van der Waals surface area contributed by atoms with Gasteiger partial charge in [-0.2, -0.15) is 4.98 Å². The molecule has 33 heavy (non-hydrogen) atoms. The lowest BCUT2D eigenvalue weighted by molar-refractivity contribution is -0.193. The maximum Gasteiger partial charge on any atom is 0.327 e. The zero-order valence-corrected chi connectivity index (χ0v) is 19.4. The Morgan fingerprint density at radius 1 is 1.18 bits per heavy atom. The normalized spacial score (nSPS) is 22.5. The third kappa shape index (κ3) is 5.46. The molecule has 0 radical (unpaired) electrons. The number of hydroxylamine groups is 2. The first-order valence-electron chi connectivity index (χ1n) is 10.2. The smallest absolute Gasteiger partial charge is 0.327 e. The third-order valence-electron chi connectivity index (χ3n) is 4.83. The number of hydrogen-bond acceptors (Lipinski definition) is 13. The summed E-state index contributed by atoms with van der Waals surface area (Å²) in [6.07, 6.45) is -3.65. The van der Waals surface area contributed by atoms with Crippen LogP contribution in [-0.2, 0) is 33.4 Å². The van der Waals surface area contributed by atoms with Crippen LogP contribution in [-0.4, -0.2) is 68.9 Å². The summed E-state index contributed by atoms with van der Waals surface area (Å²) in [6, 6.07) is 0. The Labute approximate surface area is 192 Å². The Morgan fingerprint density at radius 2 is 1.82 bits per heavy atom. The molecule has 0 bridgehead atoms. The highest BCUT2D eigenvalue weighted by Crippen LogP contribution is 2.37. The summed E-state index contributed by atoms with van der Waals surface area (Å²) in [7, 11) is 0. The number of ether oxygens (including phenoxy) is 3. The van der Waals surface area contributed by atoms with Crippen LogP contribution >= 0.6 is 11.3 Å². The number of carbonyl (C=O) groups excluding carboxylic acids is 3. The van der Waals surface area contributed by atoms with E-state index < -0.39 is 47.3 Å². The fourth-order valence-corrected chi connectivity index (χ4v) is 4.32. The monoisotopic (exact) mass is 483 g/mol. The Balaban J connectivity index is 2.01. The molecule has 2 aromatic rings. The molecule has 0 amide bonds. The number of esters is 2. The zero-order chi connectivity index (χ0) is 24.3. The molecule has 1 aliphatic heterocycles. The largest absolute Gasteiger partial charge is 0.456 e. The highest BCUT2D eigenvalue weighted by molar-refractivity contribution is 7.16. The van der Waals surface area contributed by atoms with Gasteiger partial charge in [0.05, 0.1) is 17.3 Å². The average Bonchev–Trinajstić information content (AvgIpc) is 3.21. The van der Waals surface area contributed by atoms with Gasteiger partial charge in [-0.25, -0.2) is 4.98 Å². The highest BCUT2D eigenvalue weighted by Gasteiger charge is 2.52. The molecule has 0 spiro atoms. The molecule has 3 unspecified atom stereocenters. The van der Waals surface area contributed by atoms with E-state index in [0.717, 1.165) is 15.9 Å². The minimum Gasteiger partial charge on any atom is -0.456 e. The molecular weight excluding hydrogens is 458 g/mol. The van der Waals surface area contributed by atoms with Gasteiger partial charge in [0.2, 0.25) is 5.95 Å². The third-order valence-corrected chi connectivity index (χ3v) is 5.70. The van der Waals surface area contributed by atoms with Crippen LogP contribution in [0, 0.1) is 0 Å². The van der Waals surface area contributed by atoms with Gasteiger partial charge in [-0.1, -0.05) is 11.3 Å². The molecule has 180 valence electrons. The number of nitrogen functional groups attached to an aromatic ring is 1. The Kier molecular flexibility index (Phi) is 7.61. The summed E-state index contributed by atoms with van der Waals surface area (Å²) >= 11 is 0.840. The van der Waals surface area contributed by atoms with E-state index >= 15 is 0 Å². The minimum atomic E-state index is -1.24. The zero-order valence-electron chi connectivity index (χ0n) is 18.5. The van der Waals surface area contributed by atoms with Crippen LogP contribution in [0.4, 0.5) is 5.95 Å². The van der Waals surface area contributed by atoms with Crippen molar-refractivity contribution in [1.82, 2.24) is 19.6 Å². The quantitative estimate of drug-likeness (QED) is 0.406. The van der Waals surface area contributed by atoms with E-state index in [4.69, 9.17) is 24.8 Å². The van der Waals surface area contributed by atoms with E-state index in [2.05, 4.69) is 9.97 Å². The average molecular weight is 484 g/mol. The van der Waals surface area contributed by atoms with Crippen molar-refractivity contribution < 1.29 is 33.4 Å². The van der Waals surface area contributed by atoms with Crippen LogP contribution in [0.15, 0.2) is 11.0 Å². The molecule has 0 saturated carbocycles. The van der Waals surface area contributed by atoms with Crippen molar-refractivity contribution in [2.45, 2.75) is 58.7 Å². The molecule has 1 fully saturated rings. The maximum atomic E-state index is 12.8. The predicted octanol–water partition coefficient (Wildman–Crippen LogP) is 0.386. The summed E-state index contributed by atoms with van der Waals surface area (Å²) < 4.78 is 18.3. The molecule has 2 N–H and O–H groups in total. The van der Waals surface area contributed by atoms with Crippen LogP contribution in [0.2, 0.25) is 0 Å². The van der Waals surface area contributed by atoms with Gasteiger partial charge in [0.25, 0.3) is 0 Å². The molecule has 1 aliphatic rings. The van der Waals surface area contributed by atoms with Crippen molar-refractivity contribution in [3.63, 3.8) is 0 Å². The van der Waals surface area contributed by atoms with Crippen molar-refractivity contribution in [2.24, 2.45) is 0 Å². The predicted molar refractivity (Wildman–Crippen MR) is 115 cm³/mol. The van der Waals surface area contributed by atoms with Crippen molar-refractivity contribution in [2.75, 3.05) is 18.8 Å². The Hall–Kier alpha value is -3.10. The number of carbonyl (C=O) groups is 3. The molecule has 3 rings (SSSR count). The summed E-state index contributed by atoms with van der Waals surface area (Å²) in [5.41, 5.74) is 5.84. The molecule has 3 heterocycles. The molecule has 13 nitrogen and oxygen atoms in total. The summed E-state index contributed by atoms with van der Waals surface area (Å²) in [5.74, 6) is -2.10. The summed E-state index contributed by atoms with van der Waals surface area (Å²) in [4.78, 5) is 61.7. The number of thiazole rings is 1. The Morgan fingerprint density at radius 3 is 2.42 bits per heavy atom. The number of fused-ring (bicyclic) bond motifs is 1. The van der Waals surface area contributed by atoms with Crippen molar-refractivity contribution in [3.8, 4) is 0 Å². The second kappa shape index (κ2) is 10.2. The molecule has 1 saturated heterocycles. The second-order valence-corrected chi connectivity index (χ2v) is 8.14. The van der Waals surface area contributed by atoms with E-state index in [0.29, 0.717) is 17.8 Å². The van der Waals surface area contributed by atoms with Crippen LogP contribution in [0.3, 0.4) is 0 Å². The first kappa shape index (κ1) is 24.5. The first-order valence-corrected chi connectivity index (χ1v) is 11.0. The summed E-state index contributed by atoms with van der Waals surface area (Å²) in [6.45, 7) is 6.91. The van der Waals surface area contributed by atoms with Gasteiger partial charge in [-0.15, -0.1) is 5.06 Å². The van der Waals surface area contributed by atoms with E-state index in [9.17, 15) is 19.2 Å². The van der Waals surface area contributed by atoms with Crippen LogP contribution in [0.1, 0.15) is 40.3 Å². The van der Waals surface area contributed by atoms with E-state index in [1.807, 2.05) is 13.8 Å². The fourth-order valence-electron chi connectivity index (χ4n) is 3.50. The van der Waals surface area contributed by atoms with Gasteiger partial charge in [0.15, 0.2) is 24.1 Å². The number of nitrogens with two attached hydrogens (primary N) is 1. The minimum absolute atomic E-state index is 0.0769. The van der Waals surface area contributed by atoms with Crippen molar-refractivity contribution in [1.29, 1.82) is 0 Å². The van der Waals surface area contributed by atoms with E-state index in [1.165, 1.54) is 25.1 Å². The maximum absolute atomic E-state index is 12.8. The second-order valence-electron chi connectivity index (χ2n) is 7.15. The number of hydrogen-bond donors (Lipinski definition) is 1. The van der Waals surface area contributed by atoms with Gasteiger partial charge in [-0.05, 0) is 13.8 Å². The standard InChI is InChI=1S/C19H25N5O8S/c1-5-23(6-2)32-13(27)7-11-14(29-9(3)25)15(30-10(4)26)17(31-11)24-16-12(33-19(24)28)8-21-18(20)22-16/h8,11,14-15,17H,5-7H2,1-4H3,(H2,20,21,22)/t11?,14?,15-,17?/m1/s1. The molecule has 14 heteroatoms. The Bertz CT molecular complexity index is 1100. The number of aromatic nitrogens is 3. The van der Waals surface area contributed by atoms with Crippen LogP contribution < -0.4 is 10.6 Å². The van der Waals surface area contributed by atoms with Gasteiger partial charge in [0, 0.05) is 26.9 Å². The van der Waals surface area contributed by atoms with E-state index in [-0.39, 0.29) is 18.0 Å². The lowest BCUT2D eigenvalue weighted by atomic mass is 10.1. The first-order chi connectivity index (χ1) is 15.6. The molecule has 4 atom stereocenters. The van der Waals surface area contributed by atoms with Gasteiger partial charge in [-0.3, -0.25) is 23.7 Å². The topological polar surface area (TPSA) is 165 Å². The fraction of sp³-hybridized carbons (Fsp3) is 0.579. The van der Waals surface area contributed by atoms with Crippen LogP contribution in [0.25, 0.3) is 10.3 Å². The SMILES string of the molecule is CCN(CC)OC(=O)CC1OC(n2c(=O)sc3cnc(N)nc32)[C@H](OC(C)=O)C1OC(C)=O. The highest BCUT2D eigenvalue weighted by atomic mass is 32.1. The molecule has 0 aromatic carbocycles. The lowest BCUT2D eigenvalue weighted by Gasteiger charge is -2.24. The van der Waals surface area contributed by atoms with Gasteiger partial charge in [0.1, 0.15) is 6.10 Å². The van der Waals surface area contributed by atoms with Gasteiger partial charge >= 0.3 is 22.8 Å². The number of rotatable bonds is 8. The summed E-state index contributed by atoms with van der Waals surface area (Å²) in [5, 5.41) is 1.44. The van der Waals surface area contributed by atoms with Crippen molar-refractivity contribution in [3.05, 3.63) is 15.9 Å².